The van der Waals surface area contributed by atoms with E-state index < -0.39 is 33.7 Å². The molecule has 3 rings (SSSR count). The molecule has 1 heterocycles. The highest BCUT2D eigenvalue weighted by molar-refractivity contribution is 7.92. The van der Waals surface area contributed by atoms with Crippen molar-refractivity contribution in [2.75, 3.05) is 11.0 Å². The average molecular weight is 441 g/mol. The maximum absolute atomic E-state index is 12.7. The molecule has 1 aromatic heterocycles. The number of hydrogen-bond acceptors (Lipinski definition) is 4. The Labute approximate surface area is 170 Å². The molecule has 0 saturated carbocycles. The summed E-state index contributed by atoms with van der Waals surface area (Å²) in [7, 11) is -3.49. The number of sulfonamides is 1. The summed E-state index contributed by atoms with van der Waals surface area (Å²) in [4.78, 5) is 11.7. The molecule has 0 spiro atoms. The molecular formula is C19H18F3N3O4S. The Balaban J connectivity index is 1.83. The van der Waals surface area contributed by atoms with Gasteiger partial charge in [-0.05, 0) is 36.2 Å². The highest BCUT2D eigenvalue weighted by Crippen LogP contribution is 2.31. The monoisotopic (exact) mass is 441 g/mol. The van der Waals surface area contributed by atoms with Gasteiger partial charge in [0, 0.05) is 11.9 Å². The van der Waals surface area contributed by atoms with Crippen LogP contribution in [0.3, 0.4) is 0 Å². The molecule has 30 heavy (non-hydrogen) atoms. The van der Waals surface area contributed by atoms with Crippen LogP contribution in [0.4, 0.5) is 18.9 Å². The Morgan fingerprint density at radius 1 is 1.20 bits per heavy atom. The van der Waals surface area contributed by atoms with Crippen molar-refractivity contribution < 1.29 is 31.5 Å². The third-order valence-corrected chi connectivity index (χ3v) is 5.14. The second kappa shape index (κ2) is 7.98. The lowest BCUT2D eigenvalue weighted by Gasteiger charge is -2.15. The zero-order chi connectivity index (χ0) is 22.1. The summed E-state index contributed by atoms with van der Waals surface area (Å²) in [6.45, 7) is 0.170. The number of nitrogens with one attached hydrogen (secondary N) is 1. The number of anilines is 1. The van der Waals surface area contributed by atoms with Crippen LogP contribution in [0.5, 0.6) is 0 Å². The van der Waals surface area contributed by atoms with Gasteiger partial charge in [0.2, 0.25) is 10.0 Å². The summed E-state index contributed by atoms with van der Waals surface area (Å²) < 4.78 is 65.1. The number of aliphatic carboxylic acids is 1. The van der Waals surface area contributed by atoms with Gasteiger partial charge >= 0.3 is 12.1 Å². The van der Waals surface area contributed by atoms with E-state index in [9.17, 15) is 31.5 Å². The van der Waals surface area contributed by atoms with E-state index in [1.807, 2.05) is 0 Å². The lowest BCUT2D eigenvalue weighted by Crippen LogP contribution is -2.15. The fourth-order valence-electron chi connectivity index (χ4n) is 3.16. The predicted octanol–water partition coefficient (Wildman–Crippen LogP) is 3.69. The predicted molar refractivity (Wildman–Crippen MR) is 105 cm³/mol. The molecule has 3 aromatic rings. The molecule has 160 valence electrons. The van der Waals surface area contributed by atoms with E-state index in [-0.39, 0.29) is 18.5 Å². The summed E-state index contributed by atoms with van der Waals surface area (Å²) in [5, 5.41) is 14.3. The van der Waals surface area contributed by atoms with Crippen LogP contribution in [-0.4, -0.2) is 35.5 Å². The van der Waals surface area contributed by atoms with Gasteiger partial charge in [-0.25, -0.2) is 8.42 Å². The molecule has 0 bridgehead atoms. The third-order valence-electron chi connectivity index (χ3n) is 4.55. The minimum Gasteiger partial charge on any atom is -0.481 e. The Kier molecular flexibility index (Phi) is 5.75. The topological polar surface area (TPSA) is 101 Å². The van der Waals surface area contributed by atoms with Gasteiger partial charge in [-0.15, -0.1) is 0 Å². The number of hydrogen-bond donors (Lipinski definition) is 2. The van der Waals surface area contributed by atoms with E-state index in [1.165, 1.54) is 10.9 Å². The molecule has 0 amide bonds. The molecule has 0 aliphatic carbocycles. The fourth-order valence-corrected chi connectivity index (χ4v) is 3.74. The molecule has 2 aromatic carbocycles. The van der Waals surface area contributed by atoms with Gasteiger partial charge < -0.3 is 5.11 Å². The van der Waals surface area contributed by atoms with Gasteiger partial charge in [-0.2, -0.15) is 18.3 Å². The molecule has 1 atom stereocenters. The second-order valence-corrected chi connectivity index (χ2v) is 8.53. The largest absolute Gasteiger partial charge is 0.481 e. The van der Waals surface area contributed by atoms with Crippen molar-refractivity contribution in [3.8, 4) is 0 Å². The van der Waals surface area contributed by atoms with E-state index in [1.54, 1.807) is 18.2 Å². The van der Waals surface area contributed by atoms with Crippen molar-refractivity contribution in [1.82, 2.24) is 9.78 Å². The fraction of sp³-hybridized carbons (Fsp3) is 0.263. The van der Waals surface area contributed by atoms with Crippen LogP contribution in [0.15, 0.2) is 48.7 Å². The van der Waals surface area contributed by atoms with Gasteiger partial charge in [0.05, 0.1) is 35.1 Å². The van der Waals surface area contributed by atoms with Crippen LogP contribution in [0.2, 0.25) is 0 Å². The van der Waals surface area contributed by atoms with E-state index in [4.69, 9.17) is 0 Å². The van der Waals surface area contributed by atoms with Crippen molar-refractivity contribution in [3.05, 3.63) is 59.8 Å². The van der Waals surface area contributed by atoms with Gasteiger partial charge in [0.15, 0.2) is 0 Å². The Bertz CT molecular complexity index is 1170. The molecule has 1 unspecified atom stereocenters. The lowest BCUT2D eigenvalue weighted by atomic mass is 9.95. The van der Waals surface area contributed by atoms with Gasteiger partial charge in [-0.3, -0.25) is 14.2 Å². The number of halogens is 3. The second-order valence-electron chi connectivity index (χ2n) is 6.78. The number of aryl methyl sites for hydroxylation is 1. The van der Waals surface area contributed by atoms with Crippen LogP contribution >= 0.6 is 0 Å². The smallest absolute Gasteiger partial charge is 0.416 e. The Hall–Kier alpha value is -3.08. The first-order chi connectivity index (χ1) is 14.0. The zero-order valence-corrected chi connectivity index (χ0v) is 16.5. The van der Waals surface area contributed by atoms with Crippen molar-refractivity contribution in [1.29, 1.82) is 0 Å². The van der Waals surface area contributed by atoms with Gasteiger partial charge in [0.1, 0.15) is 0 Å². The van der Waals surface area contributed by atoms with Crippen molar-refractivity contribution in [2.24, 2.45) is 0 Å². The summed E-state index contributed by atoms with van der Waals surface area (Å²) in [6, 6.07) is 8.98. The molecule has 0 fully saturated rings. The molecule has 0 aliphatic rings. The Morgan fingerprint density at radius 3 is 2.43 bits per heavy atom. The Morgan fingerprint density at radius 2 is 1.87 bits per heavy atom. The van der Waals surface area contributed by atoms with Crippen LogP contribution < -0.4 is 4.72 Å². The normalized spacial score (nSPS) is 13.3. The highest BCUT2D eigenvalue weighted by Gasteiger charge is 2.30. The number of nitrogens with zero attached hydrogens (tertiary/aromatic N) is 2. The molecule has 0 radical (unpaired) electrons. The standard InChI is InChI=1S/C19H18F3N3O4S/c1-30(28,29)24-16-3-2-4-17-15(16)11-23-25(17)10-9-14(18(26)27)12-5-7-13(8-6-12)19(20,21)22/h2-8,11,14,24H,9-10H2,1H3,(H,26,27). The van der Waals surface area contributed by atoms with E-state index >= 15 is 0 Å². The molecule has 0 aliphatic heterocycles. The third kappa shape index (κ3) is 4.90. The quantitative estimate of drug-likeness (QED) is 0.582. The molecule has 0 saturated heterocycles. The SMILES string of the molecule is CS(=O)(=O)Nc1cccc2c1cnn2CCC(C(=O)O)c1ccc(C(F)(F)F)cc1. The van der Waals surface area contributed by atoms with Crippen LogP contribution in [0.25, 0.3) is 10.9 Å². The molecular weight excluding hydrogens is 423 g/mol. The molecule has 11 heteroatoms. The summed E-state index contributed by atoms with van der Waals surface area (Å²) in [5.74, 6) is -2.19. The van der Waals surface area contributed by atoms with Crippen molar-refractivity contribution in [2.45, 2.75) is 25.1 Å². The number of alkyl halides is 3. The van der Waals surface area contributed by atoms with Crippen molar-refractivity contribution >= 4 is 32.6 Å². The maximum atomic E-state index is 12.7. The number of carboxylic acid groups (broad SMARTS) is 1. The van der Waals surface area contributed by atoms with Crippen LogP contribution in [0, 0.1) is 0 Å². The van der Waals surface area contributed by atoms with E-state index in [0.717, 1.165) is 30.5 Å². The minimum absolute atomic E-state index is 0.0845. The van der Waals surface area contributed by atoms with E-state index in [2.05, 4.69) is 9.82 Å². The number of benzene rings is 2. The number of aromatic nitrogens is 2. The number of fused-ring (bicyclic) bond motifs is 1. The van der Waals surface area contributed by atoms with Gasteiger partial charge in [-0.1, -0.05) is 18.2 Å². The molecule has 2 N–H and O–H groups in total. The summed E-state index contributed by atoms with van der Waals surface area (Å²) in [6.07, 6.45) is -1.92. The summed E-state index contributed by atoms with van der Waals surface area (Å²) in [5.41, 5.74) is 0.352. The van der Waals surface area contributed by atoms with Gasteiger partial charge in [0.25, 0.3) is 0 Å². The number of carboxylic acids is 1. The maximum Gasteiger partial charge on any atom is 0.416 e. The number of carbonyl (C=O) groups is 1. The highest BCUT2D eigenvalue weighted by atomic mass is 32.2. The average Bonchev–Trinajstić information content (AvgIpc) is 3.04. The zero-order valence-electron chi connectivity index (χ0n) is 15.7. The van der Waals surface area contributed by atoms with E-state index in [0.29, 0.717) is 16.6 Å². The van der Waals surface area contributed by atoms with Crippen molar-refractivity contribution in [3.63, 3.8) is 0 Å². The summed E-state index contributed by atoms with van der Waals surface area (Å²) >= 11 is 0. The first kappa shape index (κ1) is 21.6. The van der Waals surface area contributed by atoms with Crippen LogP contribution in [0.1, 0.15) is 23.5 Å². The molecule has 7 nitrogen and oxygen atoms in total. The lowest BCUT2D eigenvalue weighted by molar-refractivity contribution is -0.139. The first-order valence-electron chi connectivity index (χ1n) is 8.78. The first-order valence-corrected chi connectivity index (χ1v) is 10.7. The van der Waals surface area contributed by atoms with Crippen LogP contribution in [-0.2, 0) is 27.5 Å². The number of rotatable bonds is 7. The minimum atomic E-state index is -4.50.